The van der Waals surface area contributed by atoms with Crippen molar-refractivity contribution in [2.75, 3.05) is 10.6 Å². The zero-order chi connectivity index (χ0) is 15.4. The fraction of sp³-hybridized carbons (Fsp3) is 0.0714. The number of nitrogens with zero attached hydrogens (tertiary/aromatic N) is 1. The number of aromatic carboxylic acids is 1. The van der Waals surface area contributed by atoms with Gasteiger partial charge < -0.3 is 10.4 Å². The lowest BCUT2D eigenvalue weighted by Gasteiger charge is -2.08. The third-order valence-electron chi connectivity index (χ3n) is 2.64. The van der Waals surface area contributed by atoms with Crippen molar-refractivity contribution >= 4 is 35.1 Å². The number of carboxylic acids is 1. The molecule has 0 aliphatic carbocycles. The van der Waals surface area contributed by atoms with Crippen molar-refractivity contribution in [1.29, 1.82) is 0 Å². The van der Waals surface area contributed by atoms with E-state index in [1.54, 1.807) is 18.2 Å². The van der Waals surface area contributed by atoms with E-state index in [4.69, 9.17) is 16.7 Å². The third kappa shape index (κ3) is 3.93. The van der Waals surface area contributed by atoms with E-state index in [9.17, 15) is 9.59 Å². The smallest absolute Gasteiger partial charge is 0.354 e. The molecule has 0 bridgehead atoms. The van der Waals surface area contributed by atoms with Crippen molar-refractivity contribution in [2.45, 2.75) is 6.92 Å². The summed E-state index contributed by atoms with van der Waals surface area (Å²) in [5.41, 5.74) is 1.28. The molecule has 0 radical (unpaired) electrons. The Hall–Kier alpha value is -2.60. The molecule has 1 heterocycles. The number of urea groups is 1. The lowest BCUT2D eigenvalue weighted by Crippen LogP contribution is -2.20. The van der Waals surface area contributed by atoms with Gasteiger partial charge in [0, 0.05) is 10.7 Å². The second-order valence-corrected chi connectivity index (χ2v) is 4.66. The van der Waals surface area contributed by atoms with Gasteiger partial charge in [-0.25, -0.2) is 14.6 Å². The third-order valence-corrected chi connectivity index (χ3v) is 3.05. The molecule has 0 saturated heterocycles. The van der Waals surface area contributed by atoms with Gasteiger partial charge in [-0.1, -0.05) is 23.7 Å². The molecule has 0 aliphatic rings. The Morgan fingerprint density at radius 3 is 2.62 bits per heavy atom. The van der Waals surface area contributed by atoms with Crippen LogP contribution < -0.4 is 10.6 Å². The average Bonchev–Trinajstić information content (AvgIpc) is 2.43. The molecule has 0 aliphatic heterocycles. The van der Waals surface area contributed by atoms with E-state index < -0.39 is 12.0 Å². The van der Waals surface area contributed by atoms with Gasteiger partial charge in [0.15, 0.2) is 5.69 Å². The minimum Gasteiger partial charge on any atom is -0.477 e. The predicted molar refractivity (Wildman–Crippen MR) is 80.0 cm³/mol. The van der Waals surface area contributed by atoms with Crippen LogP contribution in [0.25, 0.3) is 0 Å². The normalized spacial score (nSPS) is 10.0. The maximum atomic E-state index is 11.8. The minimum absolute atomic E-state index is 0.144. The molecule has 2 amide bonds. The van der Waals surface area contributed by atoms with Gasteiger partial charge in [-0.15, -0.1) is 0 Å². The first-order valence-electron chi connectivity index (χ1n) is 6.00. The van der Waals surface area contributed by atoms with Crippen molar-refractivity contribution < 1.29 is 14.7 Å². The number of hydrogen-bond donors (Lipinski definition) is 3. The largest absolute Gasteiger partial charge is 0.477 e. The highest BCUT2D eigenvalue weighted by atomic mass is 35.5. The number of aromatic nitrogens is 1. The van der Waals surface area contributed by atoms with E-state index >= 15 is 0 Å². The number of rotatable bonds is 3. The number of nitrogens with one attached hydrogen (secondary N) is 2. The molecule has 0 atom stereocenters. The molecule has 0 spiro atoms. The first-order valence-corrected chi connectivity index (χ1v) is 6.38. The summed E-state index contributed by atoms with van der Waals surface area (Å²) in [7, 11) is 0. The summed E-state index contributed by atoms with van der Waals surface area (Å²) in [5.74, 6) is -1.02. The molecular formula is C14H12ClN3O3. The van der Waals surface area contributed by atoms with E-state index in [1.807, 2.05) is 6.92 Å². The summed E-state index contributed by atoms with van der Waals surface area (Å²) in [5, 5.41) is 14.4. The summed E-state index contributed by atoms with van der Waals surface area (Å²) in [6, 6.07) is 8.90. The van der Waals surface area contributed by atoms with Crippen molar-refractivity contribution in [1.82, 2.24) is 4.98 Å². The van der Waals surface area contributed by atoms with Gasteiger partial charge in [-0.05, 0) is 36.8 Å². The summed E-state index contributed by atoms with van der Waals surface area (Å²) in [6.45, 7) is 1.85. The predicted octanol–water partition coefficient (Wildman–Crippen LogP) is 3.39. The van der Waals surface area contributed by atoms with Crippen molar-refractivity contribution in [3.8, 4) is 0 Å². The van der Waals surface area contributed by atoms with E-state index in [0.29, 0.717) is 10.7 Å². The van der Waals surface area contributed by atoms with Gasteiger partial charge in [0.25, 0.3) is 0 Å². The number of hydrogen-bond acceptors (Lipinski definition) is 3. The first-order chi connectivity index (χ1) is 9.95. The van der Waals surface area contributed by atoms with Crippen LogP contribution in [-0.4, -0.2) is 22.1 Å². The van der Waals surface area contributed by atoms with Crippen LogP contribution in [0.1, 0.15) is 16.1 Å². The van der Waals surface area contributed by atoms with Crippen molar-refractivity contribution in [3.63, 3.8) is 0 Å². The molecule has 2 rings (SSSR count). The maximum absolute atomic E-state index is 11.8. The average molecular weight is 306 g/mol. The molecule has 0 saturated carbocycles. The summed E-state index contributed by atoms with van der Waals surface area (Å²) in [4.78, 5) is 26.4. The van der Waals surface area contributed by atoms with Gasteiger partial charge >= 0.3 is 12.0 Å². The molecule has 6 nitrogen and oxygen atoms in total. The quantitative estimate of drug-likeness (QED) is 0.810. The fourth-order valence-corrected chi connectivity index (χ4v) is 1.75. The molecule has 0 fully saturated rings. The molecule has 108 valence electrons. The molecule has 7 heteroatoms. The molecule has 3 N–H and O–H groups in total. The number of aryl methyl sites for hydroxylation is 1. The van der Waals surface area contributed by atoms with Crippen molar-refractivity contribution in [2.24, 2.45) is 0 Å². The van der Waals surface area contributed by atoms with Crippen LogP contribution in [0.2, 0.25) is 5.02 Å². The van der Waals surface area contributed by atoms with Crippen LogP contribution in [0.5, 0.6) is 0 Å². The van der Waals surface area contributed by atoms with E-state index in [-0.39, 0.29) is 11.5 Å². The SMILES string of the molecule is Cc1ccc(NC(=O)Nc2cccc(C(=O)O)n2)cc1Cl. The number of anilines is 2. The number of amides is 2. The Bertz CT molecular complexity index is 704. The van der Waals surface area contributed by atoms with Gasteiger partial charge in [0.2, 0.25) is 0 Å². The topological polar surface area (TPSA) is 91.3 Å². The second-order valence-electron chi connectivity index (χ2n) is 4.26. The standard InChI is InChI=1S/C14H12ClN3O3/c1-8-5-6-9(7-10(8)15)16-14(21)18-12-4-2-3-11(17-12)13(19)20/h2-7H,1H3,(H,19,20)(H2,16,17,18,21). The molecule has 21 heavy (non-hydrogen) atoms. The summed E-state index contributed by atoms with van der Waals surface area (Å²) >= 11 is 5.96. The fourth-order valence-electron chi connectivity index (χ4n) is 1.57. The summed E-state index contributed by atoms with van der Waals surface area (Å²) in [6.07, 6.45) is 0. The zero-order valence-corrected chi connectivity index (χ0v) is 11.8. The Balaban J connectivity index is 2.06. The second kappa shape index (κ2) is 6.23. The minimum atomic E-state index is -1.16. The van der Waals surface area contributed by atoms with Gasteiger partial charge in [0.05, 0.1) is 0 Å². The highest BCUT2D eigenvalue weighted by Gasteiger charge is 2.08. The number of halogens is 1. The van der Waals surface area contributed by atoms with Gasteiger partial charge in [-0.2, -0.15) is 0 Å². The van der Waals surface area contributed by atoms with E-state index in [1.165, 1.54) is 18.2 Å². The Kier molecular flexibility index (Phi) is 4.39. The number of benzene rings is 1. The van der Waals surface area contributed by atoms with Crippen LogP contribution in [0.15, 0.2) is 36.4 Å². The Morgan fingerprint density at radius 1 is 1.19 bits per heavy atom. The maximum Gasteiger partial charge on any atom is 0.354 e. The highest BCUT2D eigenvalue weighted by molar-refractivity contribution is 6.31. The van der Waals surface area contributed by atoms with Crippen LogP contribution >= 0.6 is 11.6 Å². The van der Waals surface area contributed by atoms with Crippen molar-refractivity contribution in [3.05, 3.63) is 52.7 Å². The molecular weight excluding hydrogens is 294 g/mol. The Labute approximate surface area is 125 Å². The van der Waals surface area contributed by atoms with Gasteiger partial charge in [0.1, 0.15) is 5.82 Å². The Morgan fingerprint density at radius 2 is 1.95 bits per heavy atom. The van der Waals surface area contributed by atoms with Crippen LogP contribution in [0, 0.1) is 6.92 Å². The number of carbonyl (C=O) groups is 2. The number of carboxylic acid groups (broad SMARTS) is 1. The lowest BCUT2D eigenvalue weighted by atomic mass is 10.2. The molecule has 1 aromatic heterocycles. The zero-order valence-electron chi connectivity index (χ0n) is 11.1. The number of pyridine rings is 1. The monoisotopic (exact) mass is 305 g/mol. The van der Waals surface area contributed by atoms with Crippen LogP contribution in [0.3, 0.4) is 0 Å². The highest BCUT2D eigenvalue weighted by Crippen LogP contribution is 2.20. The summed E-state index contributed by atoms with van der Waals surface area (Å²) < 4.78 is 0. The number of carbonyl (C=O) groups excluding carboxylic acids is 1. The molecule has 0 unspecified atom stereocenters. The van der Waals surface area contributed by atoms with E-state index in [0.717, 1.165) is 5.56 Å². The van der Waals surface area contributed by atoms with E-state index in [2.05, 4.69) is 15.6 Å². The van der Waals surface area contributed by atoms with Gasteiger partial charge in [-0.3, -0.25) is 5.32 Å². The van der Waals surface area contributed by atoms with Crippen LogP contribution in [-0.2, 0) is 0 Å². The lowest BCUT2D eigenvalue weighted by molar-refractivity contribution is 0.0690. The first kappa shape index (κ1) is 14.8. The molecule has 1 aromatic carbocycles. The molecule has 2 aromatic rings. The van der Waals surface area contributed by atoms with Crippen LogP contribution in [0.4, 0.5) is 16.3 Å².